The molecule has 0 bridgehead atoms. The second kappa shape index (κ2) is 7.76. The van der Waals surface area contributed by atoms with Crippen molar-refractivity contribution in [2.45, 2.75) is 32.5 Å². The van der Waals surface area contributed by atoms with Crippen LogP contribution in [-0.4, -0.2) is 51.8 Å². The van der Waals surface area contributed by atoms with Gasteiger partial charge in [-0.05, 0) is 30.4 Å². The molecule has 2 aromatic rings. The van der Waals surface area contributed by atoms with Crippen LogP contribution in [0.2, 0.25) is 0 Å². The second-order valence-corrected chi connectivity index (χ2v) is 7.05. The van der Waals surface area contributed by atoms with Crippen LogP contribution < -0.4 is 10.6 Å². The van der Waals surface area contributed by atoms with E-state index in [0.717, 1.165) is 37.8 Å². The molecular weight excluding hydrogens is 322 g/mol. The number of hydrogen-bond acceptors (Lipinski definition) is 5. The standard InChI is InChI=1S/C16H25N7S/c1-12(23-6-4-14-13(10-23)5-7-24-14)8-18-16(17-2)19-9-15-20-11-21-22(15)3/h5,7,11-12H,4,6,8-10H2,1-3H3,(H2,17,18,19). The number of nitrogens with one attached hydrogen (secondary N) is 2. The predicted octanol–water partition coefficient (Wildman–Crippen LogP) is 0.988. The molecular formula is C16H25N7S. The number of thiophene rings is 1. The molecule has 0 saturated carbocycles. The predicted molar refractivity (Wildman–Crippen MR) is 97.1 cm³/mol. The van der Waals surface area contributed by atoms with Crippen LogP contribution in [0, 0.1) is 0 Å². The van der Waals surface area contributed by atoms with Gasteiger partial charge < -0.3 is 10.6 Å². The Balaban J connectivity index is 1.46. The summed E-state index contributed by atoms with van der Waals surface area (Å²) < 4.78 is 1.76. The van der Waals surface area contributed by atoms with Gasteiger partial charge >= 0.3 is 0 Å². The van der Waals surface area contributed by atoms with E-state index < -0.39 is 0 Å². The minimum Gasteiger partial charge on any atom is -0.355 e. The van der Waals surface area contributed by atoms with E-state index in [1.807, 2.05) is 18.4 Å². The number of aryl methyl sites for hydroxylation is 1. The van der Waals surface area contributed by atoms with Crippen LogP contribution in [0.15, 0.2) is 22.8 Å². The molecule has 2 aromatic heterocycles. The SMILES string of the molecule is CN=C(NCc1ncnn1C)NCC(C)N1CCc2sccc2C1. The molecule has 1 unspecified atom stereocenters. The summed E-state index contributed by atoms with van der Waals surface area (Å²) in [5.74, 6) is 1.67. The third-order valence-electron chi connectivity index (χ3n) is 4.47. The Morgan fingerprint density at radius 3 is 3.08 bits per heavy atom. The van der Waals surface area contributed by atoms with Crippen LogP contribution in [0.25, 0.3) is 0 Å². The van der Waals surface area contributed by atoms with E-state index >= 15 is 0 Å². The Hall–Kier alpha value is -1.93. The van der Waals surface area contributed by atoms with Crippen molar-refractivity contribution in [3.8, 4) is 0 Å². The fourth-order valence-corrected chi connectivity index (χ4v) is 3.77. The Morgan fingerprint density at radius 2 is 2.33 bits per heavy atom. The summed E-state index contributed by atoms with van der Waals surface area (Å²) in [6.07, 6.45) is 2.72. The molecule has 7 nitrogen and oxygen atoms in total. The van der Waals surface area contributed by atoms with Crippen LogP contribution >= 0.6 is 11.3 Å². The van der Waals surface area contributed by atoms with Gasteiger partial charge in [0.05, 0.1) is 6.54 Å². The van der Waals surface area contributed by atoms with Crippen molar-refractivity contribution in [1.82, 2.24) is 30.3 Å². The van der Waals surface area contributed by atoms with Gasteiger partial charge in [0.2, 0.25) is 0 Å². The monoisotopic (exact) mass is 347 g/mol. The molecule has 3 rings (SSSR count). The number of aliphatic imine (C=N–C) groups is 1. The van der Waals surface area contributed by atoms with Gasteiger partial charge in [-0.3, -0.25) is 14.6 Å². The molecule has 8 heteroatoms. The summed E-state index contributed by atoms with van der Waals surface area (Å²) in [4.78, 5) is 12.6. The summed E-state index contributed by atoms with van der Waals surface area (Å²) in [6.45, 7) is 5.90. The molecule has 0 spiro atoms. The summed E-state index contributed by atoms with van der Waals surface area (Å²) >= 11 is 1.88. The maximum atomic E-state index is 4.28. The Bertz CT molecular complexity index is 690. The van der Waals surface area contributed by atoms with E-state index in [-0.39, 0.29) is 0 Å². The molecule has 0 aromatic carbocycles. The molecule has 0 aliphatic carbocycles. The topological polar surface area (TPSA) is 70.4 Å². The zero-order chi connectivity index (χ0) is 16.9. The molecule has 2 N–H and O–H groups in total. The fourth-order valence-electron chi connectivity index (χ4n) is 2.88. The van der Waals surface area contributed by atoms with Gasteiger partial charge in [-0.15, -0.1) is 11.3 Å². The first-order chi connectivity index (χ1) is 11.7. The average molecular weight is 347 g/mol. The molecule has 1 atom stereocenters. The smallest absolute Gasteiger partial charge is 0.191 e. The third-order valence-corrected chi connectivity index (χ3v) is 5.49. The van der Waals surface area contributed by atoms with Crippen molar-refractivity contribution in [3.63, 3.8) is 0 Å². The highest BCUT2D eigenvalue weighted by Crippen LogP contribution is 2.24. The zero-order valence-corrected chi connectivity index (χ0v) is 15.3. The first kappa shape index (κ1) is 16.9. The van der Waals surface area contributed by atoms with Crippen LogP contribution in [0.4, 0.5) is 0 Å². The Kier molecular flexibility index (Phi) is 5.47. The molecule has 1 aliphatic rings. The van der Waals surface area contributed by atoms with Gasteiger partial charge in [-0.25, -0.2) is 4.98 Å². The lowest BCUT2D eigenvalue weighted by atomic mass is 10.1. The van der Waals surface area contributed by atoms with Gasteiger partial charge in [-0.2, -0.15) is 5.10 Å². The number of hydrogen-bond donors (Lipinski definition) is 2. The van der Waals surface area contributed by atoms with Crippen molar-refractivity contribution < 1.29 is 0 Å². The van der Waals surface area contributed by atoms with Crippen LogP contribution in [-0.2, 0) is 26.6 Å². The van der Waals surface area contributed by atoms with Crippen molar-refractivity contribution in [2.24, 2.45) is 12.0 Å². The van der Waals surface area contributed by atoms with E-state index in [1.54, 1.807) is 22.9 Å². The van der Waals surface area contributed by atoms with Gasteiger partial charge in [0.25, 0.3) is 0 Å². The normalized spacial score (nSPS) is 16.7. The molecule has 0 amide bonds. The zero-order valence-electron chi connectivity index (χ0n) is 14.5. The average Bonchev–Trinajstić information content (AvgIpc) is 3.22. The van der Waals surface area contributed by atoms with Crippen molar-refractivity contribution in [3.05, 3.63) is 34.0 Å². The van der Waals surface area contributed by atoms with E-state index in [2.05, 4.69) is 49.0 Å². The first-order valence-corrected chi connectivity index (χ1v) is 9.12. The van der Waals surface area contributed by atoms with Gasteiger partial charge in [0.1, 0.15) is 12.2 Å². The van der Waals surface area contributed by atoms with Crippen molar-refractivity contribution >= 4 is 17.3 Å². The molecule has 24 heavy (non-hydrogen) atoms. The molecule has 3 heterocycles. The number of guanidine groups is 1. The number of fused-ring (bicyclic) bond motifs is 1. The molecule has 0 radical (unpaired) electrons. The van der Waals surface area contributed by atoms with Crippen molar-refractivity contribution in [2.75, 3.05) is 20.1 Å². The van der Waals surface area contributed by atoms with Gasteiger partial charge in [0, 0.05) is 44.6 Å². The highest BCUT2D eigenvalue weighted by atomic mass is 32.1. The lowest BCUT2D eigenvalue weighted by Crippen LogP contribution is -2.47. The number of nitrogens with zero attached hydrogens (tertiary/aromatic N) is 5. The van der Waals surface area contributed by atoms with E-state index in [4.69, 9.17) is 0 Å². The van der Waals surface area contributed by atoms with E-state index in [0.29, 0.717) is 12.6 Å². The van der Waals surface area contributed by atoms with Crippen LogP contribution in [0.5, 0.6) is 0 Å². The van der Waals surface area contributed by atoms with Crippen LogP contribution in [0.3, 0.4) is 0 Å². The highest BCUT2D eigenvalue weighted by Gasteiger charge is 2.21. The van der Waals surface area contributed by atoms with Crippen molar-refractivity contribution in [1.29, 1.82) is 0 Å². The highest BCUT2D eigenvalue weighted by molar-refractivity contribution is 7.10. The first-order valence-electron chi connectivity index (χ1n) is 8.24. The lowest BCUT2D eigenvalue weighted by molar-refractivity contribution is 0.192. The minimum atomic E-state index is 0.450. The van der Waals surface area contributed by atoms with E-state index in [1.165, 1.54) is 5.56 Å². The molecule has 0 saturated heterocycles. The Morgan fingerprint density at radius 1 is 1.46 bits per heavy atom. The van der Waals surface area contributed by atoms with Crippen LogP contribution in [0.1, 0.15) is 23.2 Å². The Labute approximate surface area is 146 Å². The molecule has 0 fully saturated rings. The summed E-state index contributed by atoms with van der Waals surface area (Å²) in [7, 11) is 3.67. The summed E-state index contributed by atoms with van der Waals surface area (Å²) in [6, 6.07) is 2.71. The third kappa shape index (κ3) is 3.93. The number of aromatic nitrogens is 3. The summed E-state index contributed by atoms with van der Waals surface area (Å²) in [5, 5.41) is 13.0. The largest absolute Gasteiger partial charge is 0.355 e. The quantitative estimate of drug-likeness (QED) is 0.623. The maximum absolute atomic E-state index is 4.28. The molecule has 130 valence electrons. The number of rotatable bonds is 5. The van der Waals surface area contributed by atoms with Gasteiger partial charge in [0.15, 0.2) is 5.96 Å². The summed E-state index contributed by atoms with van der Waals surface area (Å²) in [5.41, 5.74) is 1.49. The molecule has 1 aliphatic heterocycles. The maximum Gasteiger partial charge on any atom is 0.191 e. The van der Waals surface area contributed by atoms with E-state index in [9.17, 15) is 0 Å². The second-order valence-electron chi connectivity index (χ2n) is 6.05. The lowest BCUT2D eigenvalue weighted by Gasteiger charge is -2.32. The van der Waals surface area contributed by atoms with Gasteiger partial charge in [-0.1, -0.05) is 0 Å². The minimum absolute atomic E-state index is 0.450. The fraction of sp³-hybridized carbons (Fsp3) is 0.562.